The molecule has 0 fully saturated rings. The summed E-state index contributed by atoms with van der Waals surface area (Å²) in [6.07, 6.45) is -3.04. The maximum Gasteiger partial charge on any atom is 0.418 e. The lowest BCUT2D eigenvalue weighted by molar-refractivity contribution is -0.137. The van der Waals surface area contributed by atoms with Crippen molar-refractivity contribution < 1.29 is 27.5 Å². The predicted octanol–water partition coefficient (Wildman–Crippen LogP) is 3.25. The van der Waals surface area contributed by atoms with Crippen molar-refractivity contribution in [3.63, 3.8) is 0 Å². The smallest absolute Gasteiger partial charge is 0.418 e. The van der Waals surface area contributed by atoms with Crippen molar-refractivity contribution in [2.75, 3.05) is 17.2 Å². The van der Waals surface area contributed by atoms with E-state index in [1.165, 1.54) is 24.5 Å². The number of carbonyl (C=O) groups excluding carboxylic acids is 2. The summed E-state index contributed by atoms with van der Waals surface area (Å²) in [5.74, 6) is -0.196. The van der Waals surface area contributed by atoms with Crippen LogP contribution < -0.4 is 15.4 Å². The summed E-state index contributed by atoms with van der Waals surface area (Å²) >= 11 is 0. The fourth-order valence-electron chi connectivity index (χ4n) is 3.23. The monoisotopic (exact) mass is 431 g/mol. The van der Waals surface area contributed by atoms with Crippen LogP contribution >= 0.6 is 0 Å². The molecule has 0 saturated carbocycles. The van der Waals surface area contributed by atoms with E-state index in [1.54, 1.807) is 28.9 Å². The highest BCUT2D eigenvalue weighted by Gasteiger charge is 2.33. The van der Waals surface area contributed by atoms with Crippen molar-refractivity contribution in [2.45, 2.75) is 18.6 Å². The molecule has 4 rings (SSSR count). The number of hydrogen-bond donors (Lipinski definition) is 2. The minimum atomic E-state index is -4.58. The Morgan fingerprint density at radius 1 is 1.19 bits per heavy atom. The number of carbonyl (C=O) groups is 2. The lowest BCUT2D eigenvalue weighted by Crippen LogP contribution is -2.29. The third kappa shape index (κ3) is 4.49. The molecule has 11 heteroatoms. The second kappa shape index (κ2) is 8.09. The van der Waals surface area contributed by atoms with Crippen molar-refractivity contribution in [1.29, 1.82) is 0 Å². The molecular weight excluding hydrogens is 415 g/mol. The molecule has 2 N–H and O–H groups in total. The Labute approximate surface area is 174 Å². The van der Waals surface area contributed by atoms with E-state index in [0.717, 1.165) is 11.6 Å². The Balaban J connectivity index is 1.39. The Morgan fingerprint density at radius 3 is 2.68 bits per heavy atom. The van der Waals surface area contributed by atoms with Crippen LogP contribution in [0.4, 0.5) is 24.8 Å². The zero-order chi connectivity index (χ0) is 22.0. The number of anilines is 2. The molecule has 1 atom stereocenters. The molecule has 0 aliphatic carbocycles. The van der Waals surface area contributed by atoms with E-state index in [4.69, 9.17) is 4.74 Å². The average molecular weight is 431 g/mol. The molecule has 2 heterocycles. The van der Waals surface area contributed by atoms with Gasteiger partial charge in [0.2, 0.25) is 11.9 Å². The van der Waals surface area contributed by atoms with Gasteiger partial charge in [0.15, 0.2) is 6.61 Å². The van der Waals surface area contributed by atoms with Crippen LogP contribution in [0.15, 0.2) is 54.9 Å². The Kier molecular flexibility index (Phi) is 5.32. The number of aromatic nitrogens is 3. The fourth-order valence-corrected chi connectivity index (χ4v) is 3.23. The number of hydrogen-bond acceptors (Lipinski definition) is 5. The molecule has 0 saturated heterocycles. The standard InChI is InChI=1S/C20H16F3N5O3/c21-20(22,23)14-3-1-2-4-15(14)26-18(30)10-31-13-7-5-12(6-8-13)16-9-17(29)27-19-24-11-25-28(16)19/h1-8,11,16H,9-10H2,(H,26,30)(H,24,25,27,29)/t16-/m0/s1. The van der Waals surface area contributed by atoms with E-state index < -0.39 is 24.3 Å². The lowest BCUT2D eigenvalue weighted by atomic mass is 10.0. The molecule has 2 aromatic carbocycles. The summed E-state index contributed by atoms with van der Waals surface area (Å²) in [5, 5.41) is 8.97. The van der Waals surface area contributed by atoms with E-state index in [-0.39, 0.29) is 24.1 Å². The summed E-state index contributed by atoms with van der Waals surface area (Å²) in [6, 6.07) is 11.0. The first-order valence-electron chi connectivity index (χ1n) is 9.19. The molecule has 3 aromatic rings. The predicted molar refractivity (Wildman–Crippen MR) is 103 cm³/mol. The van der Waals surface area contributed by atoms with E-state index in [9.17, 15) is 22.8 Å². The minimum Gasteiger partial charge on any atom is -0.484 e. The molecule has 31 heavy (non-hydrogen) atoms. The number of rotatable bonds is 5. The molecular formula is C20H16F3N5O3. The van der Waals surface area contributed by atoms with Gasteiger partial charge in [-0.3, -0.25) is 14.9 Å². The Hall–Kier alpha value is -3.89. The van der Waals surface area contributed by atoms with Crippen molar-refractivity contribution in [3.8, 4) is 5.75 Å². The third-order valence-corrected chi connectivity index (χ3v) is 4.64. The highest BCUT2D eigenvalue weighted by molar-refractivity contribution is 5.93. The normalized spacial score (nSPS) is 15.7. The van der Waals surface area contributed by atoms with Crippen LogP contribution in [-0.4, -0.2) is 33.2 Å². The Morgan fingerprint density at radius 2 is 1.94 bits per heavy atom. The summed E-state index contributed by atoms with van der Waals surface area (Å²) in [6.45, 7) is -0.468. The van der Waals surface area contributed by atoms with Gasteiger partial charge >= 0.3 is 6.18 Å². The van der Waals surface area contributed by atoms with Gasteiger partial charge in [-0.05, 0) is 29.8 Å². The summed E-state index contributed by atoms with van der Waals surface area (Å²) in [5.41, 5.74) is -0.479. The van der Waals surface area contributed by atoms with Crippen LogP contribution in [-0.2, 0) is 15.8 Å². The summed E-state index contributed by atoms with van der Waals surface area (Å²) in [4.78, 5) is 27.9. The largest absolute Gasteiger partial charge is 0.484 e. The van der Waals surface area contributed by atoms with Gasteiger partial charge in [0.1, 0.15) is 12.1 Å². The third-order valence-electron chi connectivity index (χ3n) is 4.64. The van der Waals surface area contributed by atoms with E-state index in [1.807, 2.05) is 0 Å². The second-order valence-electron chi connectivity index (χ2n) is 6.75. The van der Waals surface area contributed by atoms with Crippen LogP contribution in [0.2, 0.25) is 0 Å². The van der Waals surface area contributed by atoms with Gasteiger partial charge in [-0.2, -0.15) is 23.3 Å². The van der Waals surface area contributed by atoms with Gasteiger partial charge in [-0.15, -0.1) is 0 Å². The number of halogens is 3. The number of amides is 2. The first-order chi connectivity index (χ1) is 14.8. The SMILES string of the molecule is O=C(COc1ccc([C@@H]2CC(=O)Nc3ncnn32)cc1)Nc1ccccc1C(F)(F)F. The zero-order valence-corrected chi connectivity index (χ0v) is 15.9. The van der Waals surface area contributed by atoms with Crippen LogP contribution in [0.1, 0.15) is 23.6 Å². The van der Waals surface area contributed by atoms with Gasteiger partial charge < -0.3 is 10.1 Å². The number of para-hydroxylation sites is 1. The number of benzene rings is 2. The molecule has 1 aliphatic heterocycles. The van der Waals surface area contributed by atoms with Gasteiger partial charge in [0.25, 0.3) is 5.91 Å². The Bertz CT molecular complexity index is 1110. The highest BCUT2D eigenvalue weighted by Crippen LogP contribution is 2.34. The molecule has 0 bridgehead atoms. The molecule has 1 aliphatic rings. The summed E-state index contributed by atoms with van der Waals surface area (Å²) < 4.78 is 46.0. The molecule has 1 aromatic heterocycles. The maximum absolute atomic E-state index is 13.0. The number of ether oxygens (including phenoxy) is 1. The summed E-state index contributed by atoms with van der Waals surface area (Å²) in [7, 11) is 0. The van der Waals surface area contributed by atoms with Gasteiger partial charge in [-0.1, -0.05) is 24.3 Å². The minimum absolute atomic E-state index is 0.179. The molecule has 0 radical (unpaired) electrons. The number of nitrogens with one attached hydrogen (secondary N) is 2. The van der Waals surface area contributed by atoms with Crippen LogP contribution in [0.5, 0.6) is 5.75 Å². The first-order valence-corrected chi connectivity index (χ1v) is 9.19. The first kappa shape index (κ1) is 20.4. The fraction of sp³-hybridized carbons (Fsp3) is 0.200. The lowest BCUT2D eigenvalue weighted by Gasteiger charge is -2.23. The maximum atomic E-state index is 13.0. The van der Waals surface area contributed by atoms with E-state index in [2.05, 4.69) is 20.7 Å². The van der Waals surface area contributed by atoms with Gasteiger partial charge in [-0.25, -0.2) is 4.68 Å². The van der Waals surface area contributed by atoms with Crippen LogP contribution in [0, 0.1) is 0 Å². The average Bonchev–Trinajstić information content (AvgIpc) is 3.20. The van der Waals surface area contributed by atoms with Gasteiger partial charge in [0, 0.05) is 0 Å². The van der Waals surface area contributed by atoms with Crippen LogP contribution in [0.25, 0.3) is 0 Å². The highest BCUT2D eigenvalue weighted by atomic mass is 19.4. The second-order valence-corrected chi connectivity index (χ2v) is 6.75. The number of alkyl halides is 3. The van der Waals surface area contributed by atoms with E-state index in [0.29, 0.717) is 11.7 Å². The van der Waals surface area contributed by atoms with Crippen molar-refractivity contribution in [3.05, 3.63) is 66.0 Å². The molecule has 0 spiro atoms. The number of fused-ring (bicyclic) bond motifs is 1. The quantitative estimate of drug-likeness (QED) is 0.646. The van der Waals surface area contributed by atoms with E-state index >= 15 is 0 Å². The topological polar surface area (TPSA) is 98.1 Å². The number of nitrogens with zero attached hydrogens (tertiary/aromatic N) is 3. The van der Waals surface area contributed by atoms with Crippen molar-refractivity contribution in [2.24, 2.45) is 0 Å². The van der Waals surface area contributed by atoms with Crippen molar-refractivity contribution >= 4 is 23.5 Å². The van der Waals surface area contributed by atoms with Crippen molar-refractivity contribution in [1.82, 2.24) is 14.8 Å². The molecule has 160 valence electrons. The van der Waals surface area contributed by atoms with Gasteiger partial charge in [0.05, 0.1) is 23.7 Å². The van der Waals surface area contributed by atoms with Crippen LogP contribution in [0.3, 0.4) is 0 Å². The molecule has 8 nitrogen and oxygen atoms in total. The molecule has 2 amide bonds. The zero-order valence-electron chi connectivity index (χ0n) is 15.9. The molecule has 0 unspecified atom stereocenters.